The molecule has 0 bridgehead atoms. The molecule has 1 fully saturated rings. The molecule has 0 saturated carbocycles. The second-order valence-corrected chi connectivity index (χ2v) is 11.3. The molecule has 3 aromatic heterocycles. The lowest BCUT2D eigenvalue weighted by molar-refractivity contribution is 0.0818. The van der Waals surface area contributed by atoms with Crippen LogP contribution in [-0.4, -0.2) is 143 Å². The number of aromatic nitrogens is 6. The van der Waals surface area contributed by atoms with E-state index in [4.69, 9.17) is 43.6 Å². The average Bonchev–Trinajstić information content (AvgIpc) is 3.56. The zero-order chi connectivity index (χ0) is 31.6. The molecule has 2 aliphatic heterocycles. The Balaban J connectivity index is 1.69. The zero-order valence-electron chi connectivity index (χ0n) is 27.4. The SMILES string of the molecule is COCCN(CCOC)c1nc(N2CCn3cncc3C2)c2nc(N(CCOC)CCOC)nc(N3CCC(OC)CC3)c2n1. The van der Waals surface area contributed by atoms with Crippen molar-refractivity contribution in [2.45, 2.75) is 32.0 Å². The molecule has 0 radical (unpaired) electrons. The second kappa shape index (κ2) is 16.3. The standard InChI is InChI=1S/C30H48N10O5/c1-41-16-12-37(13-17-42-2)29-33-26-25(27(34-29)36-8-6-24(45-5)7-9-36)32-30(38(14-18-43-3)15-19-44-4)35-28(26)39-10-11-40-22-31-20-23(40)21-39/h20,22,24H,6-19,21H2,1-5H3. The van der Waals surface area contributed by atoms with Gasteiger partial charge in [-0.15, -0.1) is 0 Å². The van der Waals surface area contributed by atoms with E-state index in [1.54, 1.807) is 35.5 Å². The summed E-state index contributed by atoms with van der Waals surface area (Å²) in [5, 5.41) is 0. The maximum Gasteiger partial charge on any atom is 0.228 e. The number of fused-ring (bicyclic) bond motifs is 2. The van der Waals surface area contributed by atoms with Crippen molar-refractivity contribution >= 4 is 34.6 Å². The van der Waals surface area contributed by atoms with Gasteiger partial charge in [-0.25, -0.2) is 15.0 Å². The molecule has 0 aromatic carbocycles. The molecule has 2 aliphatic rings. The van der Waals surface area contributed by atoms with Gasteiger partial charge in [-0.3, -0.25) is 0 Å². The van der Waals surface area contributed by atoms with E-state index < -0.39 is 0 Å². The third kappa shape index (κ3) is 7.90. The van der Waals surface area contributed by atoms with Crippen LogP contribution >= 0.6 is 0 Å². The Labute approximate surface area is 265 Å². The minimum atomic E-state index is 0.228. The number of nitrogens with zero attached hydrogens (tertiary/aromatic N) is 10. The van der Waals surface area contributed by atoms with Crippen LogP contribution < -0.4 is 19.6 Å². The zero-order valence-corrected chi connectivity index (χ0v) is 27.4. The van der Waals surface area contributed by atoms with Crippen LogP contribution in [0.4, 0.5) is 23.5 Å². The molecule has 0 aliphatic carbocycles. The van der Waals surface area contributed by atoms with E-state index in [9.17, 15) is 0 Å². The molecule has 0 unspecified atom stereocenters. The van der Waals surface area contributed by atoms with Gasteiger partial charge in [0.15, 0.2) is 11.6 Å². The summed E-state index contributed by atoms with van der Waals surface area (Å²) in [6.07, 6.45) is 5.85. The Bertz CT molecular complexity index is 1340. The molecule has 0 amide bonds. The number of ether oxygens (including phenoxy) is 5. The normalized spacial score (nSPS) is 15.6. The van der Waals surface area contributed by atoms with E-state index in [1.165, 1.54) is 0 Å². The third-order valence-electron chi connectivity index (χ3n) is 8.45. The van der Waals surface area contributed by atoms with Crippen molar-refractivity contribution in [1.29, 1.82) is 0 Å². The number of anilines is 4. The number of hydrogen-bond donors (Lipinski definition) is 0. The van der Waals surface area contributed by atoms with Crippen LogP contribution in [-0.2, 0) is 36.8 Å². The van der Waals surface area contributed by atoms with Gasteiger partial charge in [0.05, 0.1) is 51.1 Å². The number of imidazole rings is 1. The molecule has 248 valence electrons. The molecule has 5 heterocycles. The third-order valence-corrected chi connectivity index (χ3v) is 8.45. The Morgan fingerprint density at radius 2 is 1.18 bits per heavy atom. The summed E-state index contributed by atoms with van der Waals surface area (Å²) in [5.74, 6) is 2.79. The fourth-order valence-corrected chi connectivity index (χ4v) is 5.78. The number of rotatable bonds is 17. The molecule has 0 spiro atoms. The highest BCUT2D eigenvalue weighted by atomic mass is 16.5. The highest BCUT2D eigenvalue weighted by Crippen LogP contribution is 2.35. The van der Waals surface area contributed by atoms with Crippen molar-refractivity contribution in [3.63, 3.8) is 0 Å². The lowest BCUT2D eigenvalue weighted by Crippen LogP contribution is -2.39. The van der Waals surface area contributed by atoms with E-state index in [0.717, 1.165) is 67.4 Å². The molecule has 15 heteroatoms. The van der Waals surface area contributed by atoms with Gasteiger partial charge < -0.3 is 47.9 Å². The van der Waals surface area contributed by atoms with Crippen molar-refractivity contribution in [2.75, 3.05) is 127 Å². The van der Waals surface area contributed by atoms with Gasteiger partial charge in [-0.1, -0.05) is 0 Å². The average molecular weight is 629 g/mol. The fourth-order valence-electron chi connectivity index (χ4n) is 5.78. The van der Waals surface area contributed by atoms with E-state index in [0.29, 0.717) is 71.0 Å². The van der Waals surface area contributed by atoms with Crippen LogP contribution in [0.25, 0.3) is 11.0 Å². The summed E-state index contributed by atoms with van der Waals surface area (Å²) in [6.45, 7) is 8.43. The minimum Gasteiger partial charge on any atom is -0.383 e. The van der Waals surface area contributed by atoms with Crippen LogP contribution in [0.5, 0.6) is 0 Å². The maximum atomic E-state index is 5.69. The van der Waals surface area contributed by atoms with E-state index in [2.05, 4.69) is 29.2 Å². The topological polar surface area (TPSA) is 128 Å². The molecule has 45 heavy (non-hydrogen) atoms. The minimum absolute atomic E-state index is 0.228. The molecule has 5 rings (SSSR count). The molecule has 3 aromatic rings. The van der Waals surface area contributed by atoms with Crippen LogP contribution in [0.1, 0.15) is 18.5 Å². The van der Waals surface area contributed by atoms with Gasteiger partial charge in [0.1, 0.15) is 11.0 Å². The van der Waals surface area contributed by atoms with Gasteiger partial charge in [0.25, 0.3) is 0 Å². The van der Waals surface area contributed by atoms with Gasteiger partial charge in [0, 0.05) is 94.1 Å². The number of piperidine rings is 1. The lowest BCUT2D eigenvalue weighted by Gasteiger charge is -2.34. The van der Waals surface area contributed by atoms with E-state index in [1.807, 2.05) is 12.5 Å². The summed E-state index contributed by atoms with van der Waals surface area (Å²) in [7, 11) is 8.60. The van der Waals surface area contributed by atoms with Crippen LogP contribution in [0.15, 0.2) is 12.5 Å². The molecule has 1 saturated heterocycles. The highest BCUT2D eigenvalue weighted by Gasteiger charge is 2.29. The fraction of sp³-hybridized carbons (Fsp3) is 0.700. The van der Waals surface area contributed by atoms with Crippen molar-refractivity contribution in [3.8, 4) is 0 Å². The first kappa shape index (κ1) is 33.0. The van der Waals surface area contributed by atoms with Crippen molar-refractivity contribution in [1.82, 2.24) is 29.5 Å². The lowest BCUT2D eigenvalue weighted by atomic mass is 10.1. The first-order chi connectivity index (χ1) is 22.1. The molecule has 0 atom stereocenters. The summed E-state index contributed by atoms with van der Waals surface area (Å²) >= 11 is 0. The van der Waals surface area contributed by atoms with Gasteiger partial charge >= 0.3 is 0 Å². The van der Waals surface area contributed by atoms with Crippen molar-refractivity contribution in [2.24, 2.45) is 0 Å². The van der Waals surface area contributed by atoms with Gasteiger partial charge in [0.2, 0.25) is 11.9 Å². The first-order valence-corrected chi connectivity index (χ1v) is 15.7. The molecular formula is C30H48N10O5. The van der Waals surface area contributed by atoms with Gasteiger partial charge in [-0.05, 0) is 12.8 Å². The summed E-state index contributed by atoms with van der Waals surface area (Å²) in [5.41, 5.74) is 2.58. The monoisotopic (exact) mass is 628 g/mol. The molecule has 15 nitrogen and oxygen atoms in total. The smallest absolute Gasteiger partial charge is 0.228 e. The van der Waals surface area contributed by atoms with Crippen molar-refractivity contribution < 1.29 is 23.7 Å². The predicted octanol–water partition coefficient (Wildman–Crippen LogP) is 1.45. The van der Waals surface area contributed by atoms with Gasteiger partial charge in [-0.2, -0.15) is 9.97 Å². The van der Waals surface area contributed by atoms with E-state index >= 15 is 0 Å². The largest absolute Gasteiger partial charge is 0.383 e. The maximum absolute atomic E-state index is 5.69. The summed E-state index contributed by atoms with van der Waals surface area (Å²) < 4.78 is 29.7. The van der Waals surface area contributed by atoms with Crippen LogP contribution in [0, 0.1) is 0 Å². The Morgan fingerprint density at radius 1 is 0.667 bits per heavy atom. The van der Waals surface area contributed by atoms with Crippen molar-refractivity contribution in [3.05, 3.63) is 18.2 Å². The Morgan fingerprint density at radius 3 is 1.67 bits per heavy atom. The quantitative estimate of drug-likeness (QED) is 0.214. The highest BCUT2D eigenvalue weighted by molar-refractivity contribution is 5.95. The molecule has 0 N–H and O–H groups in total. The van der Waals surface area contributed by atoms with Crippen LogP contribution in [0.2, 0.25) is 0 Å². The first-order valence-electron chi connectivity index (χ1n) is 15.7. The predicted molar refractivity (Wildman–Crippen MR) is 173 cm³/mol. The number of hydrogen-bond acceptors (Lipinski definition) is 14. The molecular weight excluding hydrogens is 580 g/mol. The summed E-state index contributed by atoms with van der Waals surface area (Å²) in [4.78, 5) is 34.1. The number of methoxy groups -OCH3 is 5. The summed E-state index contributed by atoms with van der Waals surface area (Å²) in [6, 6.07) is 0. The van der Waals surface area contributed by atoms with Crippen LogP contribution in [0.3, 0.4) is 0 Å². The Kier molecular flexibility index (Phi) is 11.9. The Hall–Kier alpha value is -3.37. The van der Waals surface area contributed by atoms with E-state index in [-0.39, 0.29) is 6.10 Å². The second-order valence-electron chi connectivity index (χ2n) is 11.3.